The van der Waals surface area contributed by atoms with Gasteiger partial charge < -0.3 is 5.11 Å². The van der Waals surface area contributed by atoms with Gasteiger partial charge in [0.15, 0.2) is 0 Å². The van der Waals surface area contributed by atoms with Crippen LogP contribution in [0.15, 0.2) is 54.0 Å². The van der Waals surface area contributed by atoms with Gasteiger partial charge in [0.25, 0.3) is 10.1 Å². The van der Waals surface area contributed by atoms with Crippen LogP contribution in [-0.2, 0) is 14.3 Å². The molecule has 0 spiro atoms. The minimum atomic E-state index is -3.82. The Bertz CT molecular complexity index is 558. The van der Waals surface area contributed by atoms with Gasteiger partial charge in [0, 0.05) is 0 Å². The zero-order valence-corrected chi connectivity index (χ0v) is 13.1. The Morgan fingerprint density at radius 3 is 2.57 bits per heavy atom. The van der Waals surface area contributed by atoms with Crippen LogP contribution in [-0.4, -0.2) is 26.2 Å². The molecule has 1 N–H and O–H groups in total. The molecule has 1 aromatic carbocycles. The van der Waals surface area contributed by atoms with Crippen LogP contribution in [0.3, 0.4) is 0 Å². The molecular formula is C16H22O4S. The van der Waals surface area contributed by atoms with Crippen LogP contribution < -0.4 is 0 Å². The molecule has 0 aliphatic rings. The van der Waals surface area contributed by atoms with Crippen molar-refractivity contribution in [1.82, 2.24) is 0 Å². The van der Waals surface area contributed by atoms with Crippen LogP contribution in [0.4, 0.5) is 0 Å². The third-order valence-electron chi connectivity index (χ3n) is 2.84. The molecule has 4 nitrogen and oxygen atoms in total. The lowest BCUT2D eigenvalue weighted by Gasteiger charge is -2.08. The lowest BCUT2D eigenvalue weighted by Crippen LogP contribution is -2.17. The fourth-order valence-corrected chi connectivity index (χ4v) is 2.55. The van der Waals surface area contributed by atoms with Crippen LogP contribution >= 0.6 is 0 Å². The fourth-order valence-electron chi connectivity index (χ4n) is 1.62. The third-order valence-corrected chi connectivity index (χ3v) is 4.14. The summed E-state index contributed by atoms with van der Waals surface area (Å²) in [6.45, 7) is 5.21. The highest BCUT2D eigenvalue weighted by Crippen LogP contribution is 2.13. The van der Waals surface area contributed by atoms with Crippen LogP contribution in [0.1, 0.15) is 24.8 Å². The van der Waals surface area contributed by atoms with Crippen molar-refractivity contribution in [2.24, 2.45) is 0 Å². The van der Waals surface area contributed by atoms with E-state index in [4.69, 9.17) is 4.18 Å². The van der Waals surface area contributed by atoms with E-state index in [0.29, 0.717) is 0 Å². The second-order valence-electron chi connectivity index (χ2n) is 4.77. The summed E-state index contributed by atoms with van der Waals surface area (Å²) in [5.41, 5.74) is 0.969. The first kappa shape index (κ1) is 17.6. The highest BCUT2D eigenvalue weighted by molar-refractivity contribution is 7.86. The molecule has 1 aromatic rings. The topological polar surface area (TPSA) is 63.6 Å². The summed E-state index contributed by atoms with van der Waals surface area (Å²) in [5, 5.41) is 9.66. The summed E-state index contributed by atoms with van der Waals surface area (Å²) in [6.07, 6.45) is 6.95. The number of unbranched alkanes of at least 4 members (excludes halogenated alkanes) is 2. The Balaban J connectivity index is 2.46. The van der Waals surface area contributed by atoms with Gasteiger partial charge >= 0.3 is 0 Å². The SMILES string of the molecule is C=CCCC/C=C\[C@H](O)COS(=O)(=O)c1ccc(C)cc1. The summed E-state index contributed by atoms with van der Waals surface area (Å²) < 4.78 is 28.6. The summed E-state index contributed by atoms with van der Waals surface area (Å²) in [6, 6.07) is 6.38. The number of benzene rings is 1. The Morgan fingerprint density at radius 2 is 1.95 bits per heavy atom. The predicted octanol–water partition coefficient (Wildman–Crippen LogP) is 2.97. The van der Waals surface area contributed by atoms with Crippen molar-refractivity contribution in [3.63, 3.8) is 0 Å². The van der Waals surface area contributed by atoms with Gasteiger partial charge in [-0.15, -0.1) is 6.58 Å². The molecule has 21 heavy (non-hydrogen) atoms. The highest BCUT2D eigenvalue weighted by atomic mass is 32.2. The maximum absolute atomic E-state index is 11.9. The van der Waals surface area contributed by atoms with Gasteiger partial charge in [0.05, 0.1) is 17.6 Å². The number of rotatable bonds is 9. The zero-order chi connectivity index (χ0) is 15.7. The van der Waals surface area contributed by atoms with Gasteiger partial charge in [-0.3, -0.25) is 4.18 Å². The van der Waals surface area contributed by atoms with Crippen molar-refractivity contribution in [1.29, 1.82) is 0 Å². The van der Waals surface area contributed by atoms with E-state index in [9.17, 15) is 13.5 Å². The Hall–Kier alpha value is -1.43. The minimum Gasteiger partial charge on any atom is -0.387 e. The highest BCUT2D eigenvalue weighted by Gasteiger charge is 2.16. The monoisotopic (exact) mass is 310 g/mol. The maximum atomic E-state index is 11.9. The van der Waals surface area contributed by atoms with Gasteiger partial charge in [-0.25, -0.2) is 0 Å². The minimum absolute atomic E-state index is 0.0928. The molecular weight excluding hydrogens is 288 g/mol. The first-order valence-corrected chi connectivity index (χ1v) is 8.28. The number of aryl methyl sites for hydroxylation is 1. The Labute approximate surface area is 126 Å². The Kier molecular flexibility index (Phi) is 7.36. The molecule has 5 heteroatoms. The van der Waals surface area contributed by atoms with Crippen molar-refractivity contribution in [2.75, 3.05) is 6.61 Å². The normalized spacial score (nSPS) is 13.4. The van der Waals surface area contributed by atoms with Gasteiger partial charge in [0.2, 0.25) is 0 Å². The molecule has 0 heterocycles. The average molecular weight is 310 g/mol. The van der Waals surface area contributed by atoms with Gasteiger partial charge in [-0.05, 0) is 38.3 Å². The molecule has 0 unspecified atom stereocenters. The van der Waals surface area contributed by atoms with Crippen LogP contribution in [0, 0.1) is 6.92 Å². The van der Waals surface area contributed by atoms with Gasteiger partial charge in [0.1, 0.15) is 0 Å². The van der Waals surface area contributed by atoms with Crippen molar-refractivity contribution in [3.8, 4) is 0 Å². The van der Waals surface area contributed by atoms with Crippen molar-refractivity contribution in [2.45, 2.75) is 37.2 Å². The largest absolute Gasteiger partial charge is 0.387 e. The van der Waals surface area contributed by atoms with Crippen molar-refractivity contribution < 1.29 is 17.7 Å². The van der Waals surface area contributed by atoms with E-state index in [0.717, 1.165) is 24.8 Å². The molecule has 0 saturated heterocycles. The molecule has 0 radical (unpaired) electrons. The average Bonchev–Trinajstić information content (AvgIpc) is 2.45. The van der Waals surface area contributed by atoms with Crippen LogP contribution in [0.25, 0.3) is 0 Å². The van der Waals surface area contributed by atoms with Gasteiger partial charge in [-0.2, -0.15) is 8.42 Å². The lowest BCUT2D eigenvalue weighted by atomic mass is 10.2. The molecule has 1 atom stereocenters. The van der Waals surface area contributed by atoms with Crippen molar-refractivity contribution in [3.05, 3.63) is 54.6 Å². The van der Waals surface area contributed by atoms with E-state index >= 15 is 0 Å². The quantitative estimate of drug-likeness (QED) is 0.433. The van der Waals surface area contributed by atoms with E-state index in [2.05, 4.69) is 6.58 Å². The van der Waals surface area contributed by atoms with E-state index < -0.39 is 16.2 Å². The van der Waals surface area contributed by atoms with E-state index in [1.54, 1.807) is 18.2 Å². The first-order chi connectivity index (χ1) is 9.95. The van der Waals surface area contributed by atoms with E-state index in [1.165, 1.54) is 12.1 Å². The van der Waals surface area contributed by atoms with Crippen molar-refractivity contribution >= 4 is 10.1 Å². The molecule has 0 aliphatic heterocycles. The number of allylic oxidation sites excluding steroid dienone is 2. The lowest BCUT2D eigenvalue weighted by molar-refractivity contribution is 0.147. The van der Waals surface area contributed by atoms with Crippen LogP contribution in [0.5, 0.6) is 0 Å². The smallest absolute Gasteiger partial charge is 0.297 e. The number of hydrogen-bond acceptors (Lipinski definition) is 4. The summed E-state index contributed by atoms with van der Waals surface area (Å²) in [4.78, 5) is 0.0928. The molecule has 0 bridgehead atoms. The molecule has 0 fully saturated rings. The summed E-state index contributed by atoms with van der Waals surface area (Å²) in [7, 11) is -3.82. The maximum Gasteiger partial charge on any atom is 0.297 e. The second kappa shape index (κ2) is 8.77. The number of hydrogen-bond donors (Lipinski definition) is 1. The molecule has 0 aromatic heterocycles. The molecule has 0 aliphatic carbocycles. The fraction of sp³-hybridized carbons (Fsp3) is 0.375. The predicted molar refractivity (Wildman–Crippen MR) is 83.5 cm³/mol. The number of aliphatic hydroxyl groups excluding tert-OH is 1. The third kappa shape index (κ3) is 6.71. The van der Waals surface area contributed by atoms with E-state index in [-0.39, 0.29) is 11.5 Å². The summed E-state index contributed by atoms with van der Waals surface area (Å²) >= 11 is 0. The molecule has 1 rings (SSSR count). The van der Waals surface area contributed by atoms with Gasteiger partial charge in [-0.1, -0.05) is 35.9 Å². The zero-order valence-electron chi connectivity index (χ0n) is 12.2. The summed E-state index contributed by atoms with van der Waals surface area (Å²) in [5.74, 6) is 0. The molecule has 0 amide bonds. The first-order valence-electron chi connectivity index (χ1n) is 6.87. The standard InChI is InChI=1S/C16H22O4S/c1-3-4-5-6-7-8-15(17)13-20-21(18,19)16-11-9-14(2)10-12-16/h3,7-12,15,17H,1,4-6,13H2,2H3/b8-7-/t15-/m0/s1. The second-order valence-corrected chi connectivity index (χ2v) is 6.38. The Morgan fingerprint density at radius 1 is 1.29 bits per heavy atom. The number of aliphatic hydroxyl groups is 1. The van der Waals surface area contributed by atoms with Crippen LogP contribution in [0.2, 0.25) is 0 Å². The molecule has 116 valence electrons. The molecule has 0 saturated carbocycles. The van der Waals surface area contributed by atoms with E-state index in [1.807, 2.05) is 19.1 Å².